The number of alkyl halides is 3. The van der Waals surface area contributed by atoms with Crippen LogP contribution in [0.3, 0.4) is 0 Å². The molecule has 0 aliphatic heterocycles. The molecule has 0 amide bonds. The number of aliphatic hydroxyl groups is 1. The maximum absolute atomic E-state index is 12.3. The lowest BCUT2D eigenvalue weighted by Gasteiger charge is -2.36. The molecule has 0 saturated heterocycles. The number of halogens is 3. The van der Waals surface area contributed by atoms with Crippen LogP contribution in [0.5, 0.6) is 0 Å². The largest absolute Gasteiger partial charge is 0.414 e. The van der Waals surface area contributed by atoms with Gasteiger partial charge in [0.15, 0.2) is 0 Å². The van der Waals surface area contributed by atoms with E-state index in [9.17, 15) is 18.3 Å². The summed E-state index contributed by atoms with van der Waals surface area (Å²) in [7, 11) is 0. The maximum Gasteiger partial charge on any atom is 0.414 e. The minimum absolute atomic E-state index is 0.0481. The van der Waals surface area contributed by atoms with Crippen molar-refractivity contribution in [1.29, 1.82) is 0 Å². The van der Waals surface area contributed by atoms with Gasteiger partial charge in [-0.2, -0.15) is 13.2 Å². The van der Waals surface area contributed by atoms with Gasteiger partial charge in [-0.25, -0.2) is 0 Å². The number of nitrogens with two attached hydrogens (primary N) is 1. The van der Waals surface area contributed by atoms with E-state index in [4.69, 9.17) is 5.73 Å². The van der Waals surface area contributed by atoms with Gasteiger partial charge < -0.3 is 10.8 Å². The molecule has 1 aliphatic carbocycles. The third kappa shape index (κ3) is 2.27. The monoisotopic (exact) mass is 209 g/mol. The Bertz CT molecular complexity index is 229. The van der Waals surface area contributed by atoms with Crippen molar-refractivity contribution in [3.8, 4) is 0 Å². The molecule has 0 heterocycles. The summed E-state index contributed by atoms with van der Waals surface area (Å²) in [5.74, 6) is 0. The maximum atomic E-state index is 12.3. The van der Waals surface area contributed by atoms with Gasteiger partial charge in [-0.3, -0.25) is 0 Å². The van der Waals surface area contributed by atoms with Crippen LogP contribution < -0.4 is 5.73 Å². The molecule has 5 heteroatoms. The van der Waals surface area contributed by atoms with Crippen LogP contribution in [-0.4, -0.2) is 22.9 Å². The van der Waals surface area contributed by atoms with Crippen molar-refractivity contribution >= 4 is 0 Å². The summed E-state index contributed by atoms with van der Waals surface area (Å²) < 4.78 is 36.9. The van der Waals surface area contributed by atoms with Crippen LogP contribution in [0.15, 0.2) is 12.2 Å². The first kappa shape index (κ1) is 11.5. The van der Waals surface area contributed by atoms with E-state index in [-0.39, 0.29) is 18.9 Å². The molecule has 82 valence electrons. The van der Waals surface area contributed by atoms with Gasteiger partial charge >= 0.3 is 6.18 Å². The Morgan fingerprint density at radius 2 is 1.79 bits per heavy atom. The average molecular weight is 209 g/mol. The first-order valence-electron chi connectivity index (χ1n) is 4.50. The zero-order valence-corrected chi connectivity index (χ0v) is 7.77. The predicted octanol–water partition coefficient (Wildman–Crippen LogP) is 1.74. The van der Waals surface area contributed by atoms with Gasteiger partial charge in [0.25, 0.3) is 0 Å². The SMILES string of the molecule is C=C(C(F)(F)F)C1(O)CCC(N)CC1. The fourth-order valence-corrected chi connectivity index (χ4v) is 1.68. The van der Waals surface area contributed by atoms with Gasteiger partial charge in [0.1, 0.15) is 0 Å². The van der Waals surface area contributed by atoms with E-state index in [1.54, 1.807) is 0 Å². The molecular formula is C9H14F3NO. The highest BCUT2D eigenvalue weighted by atomic mass is 19.4. The molecule has 0 aromatic heterocycles. The van der Waals surface area contributed by atoms with Gasteiger partial charge in [0, 0.05) is 6.04 Å². The summed E-state index contributed by atoms with van der Waals surface area (Å²) in [6, 6.07) is -0.101. The van der Waals surface area contributed by atoms with Crippen LogP contribution in [0.4, 0.5) is 13.2 Å². The van der Waals surface area contributed by atoms with Crippen molar-refractivity contribution in [3.05, 3.63) is 12.2 Å². The molecule has 0 aromatic carbocycles. The topological polar surface area (TPSA) is 46.2 Å². The van der Waals surface area contributed by atoms with Gasteiger partial charge in [0.05, 0.1) is 11.2 Å². The van der Waals surface area contributed by atoms with Crippen LogP contribution >= 0.6 is 0 Å². The first-order chi connectivity index (χ1) is 6.26. The minimum Gasteiger partial charge on any atom is -0.385 e. The van der Waals surface area contributed by atoms with E-state index in [0.717, 1.165) is 0 Å². The molecule has 0 atom stereocenters. The predicted molar refractivity (Wildman–Crippen MR) is 46.6 cm³/mol. The standard InChI is InChI=1S/C9H14F3NO/c1-6(9(10,11)12)8(14)4-2-7(13)3-5-8/h7,14H,1-5,13H2. The van der Waals surface area contributed by atoms with Crippen molar-refractivity contribution in [2.75, 3.05) is 0 Å². The third-order valence-electron chi connectivity index (χ3n) is 2.76. The second-order valence-electron chi connectivity index (χ2n) is 3.85. The molecular weight excluding hydrogens is 195 g/mol. The number of rotatable bonds is 1. The van der Waals surface area contributed by atoms with Crippen LogP contribution in [0, 0.1) is 0 Å². The first-order valence-corrected chi connectivity index (χ1v) is 4.50. The van der Waals surface area contributed by atoms with Crippen molar-refractivity contribution in [2.45, 2.75) is 43.5 Å². The molecule has 0 bridgehead atoms. The molecule has 0 aromatic rings. The molecule has 2 nitrogen and oxygen atoms in total. The fourth-order valence-electron chi connectivity index (χ4n) is 1.68. The van der Waals surface area contributed by atoms with E-state index in [1.165, 1.54) is 0 Å². The lowest BCUT2D eigenvalue weighted by molar-refractivity contribution is -0.126. The van der Waals surface area contributed by atoms with Gasteiger partial charge in [-0.1, -0.05) is 6.58 Å². The molecule has 1 rings (SSSR count). The van der Waals surface area contributed by atoms with Gasteiger partial charge in [-0.15, -0.1) is 0 Å². The van der Waals surface area contributed by atoms with E-state index in [0.29, 0.717) is 12.8 Å². The van der Waals surface area contributed by atoms with Crippen molar-refractivity contribution in [3.63, 3.8) is 0 Å². The minimum atomic E-state index is -4.52. The summed E-state index contributed by atoms with van der Waals surface area (Å²) in [6.07, 6.45) is -3.60. The molecule has 0 unspecified atom stereocenters. The summed E-state index contributed by atoms with van der Waals surface area (Å²) in [4.78, 5) is 0. The lowest BCUT2D eigenvalue weighted by atomic mass is 9.78. The second-order valence-corrected chi connectivity index (χ2v) is 3.85. The van der Waals surface area contributed by atoms with Gasteiger partial charge in [0.2, 0.25) is 0 Å². The highest BCUT2D eigenvalue weighted by Gasteiger charge is 2.46. The number of hydrogen-bond acceptors (Lipinski definition) is 2. The highest BCUT2D eigenvalue weighted by Crippen LogP contribution is 2.40. The second kappa shape index (κ2) is 3.55. The summed E-state index contributed by atoms with van der Waals surface area (Å²) in [6.45, 7) is 2.93. The van der Waals surface area contributed by atoms with E-state index >= 15 is 0 Å². The normalized spacial score (nSPS) is 34.2. The zero-order valence-electron chi connectivity index (χ0n) is 7.77. The summed E-state index contributed by atoms with van der Waals surface area (Å²) in [5.41, 5.74) is 2.70. The zero-order chi connectivity index (χ0) is 11.0. The van der Waals surface area contributed by atoms with Crippen LogP contribution in [0.25, 0.3) is 0 Å². The Labute approximate surface area is 80.6 Å². The molecule has 14 heavy (non-hydrogen) atoms. The third-order valence-corrected chi connectivity index (χ3v) is 2.76. The summed E-state index contributed by atoms with van der Waals surface area (Å²) >= 11 is 0. The van der Waals surface area contributed by atoms with Crippen molar-refractivity contribution in [2.24, 2.45) is 5.73 Å². The van der Waals surface area contributed by atoms with Crippen molar-refractivity contribution in [1.82, 2.24) is 0 Å². The van der Waals surface area contributed by atoms with Gasteiger partial charge in [-0.05, 0) is 25.7 Å². The van der Waals surface area contributed by atoms with Crippen LogP contribution in [-0.2, 0) is 0 Å². The molecule has 0 spiro atoms. The van der Waals surface area contributed by atoms with Crippen molar-refractivity contribution < 1.29 is 18.3 Å². The Morgan fingerprint density at radius 3 is 2.14 bits per heavy atom. The molecule has 1 aliphatic rings. The Morgan fingerprint density at radius 1 is 1.36 bits per heavy atom. The quantitative estimate of drug-likeness (QED) is 0.646. The smallest absolute Gasteiger partial charge is 0.385 e. The highest BCUT2D eigenvalue weighted by molar-refractivity contribution is 5.19. The van der Waals surface area contributed by atoms with Crippen LogP contribution in [0.2, 0.25) is 0 Å². The Kier molecular flexibility index (Phi) is 2.92. The Balaban J connectivity index is 2.72. The molecule has 1 fully saturated rings. The fraction of sp³-hybridized carbons (Fsp3) is 0.778. The van der Waals surface area contributed by atoms with Crippen LogP contribution in [0.1, 0.15) is 25.7 Å². The molecule has 3 N–H and O–H groups in total. The van der Waals surface area contributed by atoms with E-state index in [2.05, 4.69) is 6.58 Å². The lowest BCUT2D eigenvalue weighted by Crippen LogP contribution is -2.43. The summed E-state index contributed by atoms with van der Waals surface area (Å²) in [5, 5.41) is 9.72. The molecule has 1 saturated carbocycles. The molecule has 0 radical (unpaired) electrons. The average Bonchev–Trinajstić information content (AvgIpc) is 2.08. The Hall–Kier alpha value is -0.550. The van der Waals surface area contributed by atoms with E-state index < -0.39 is 17.4 Å². The number of hydrogen-bond donors (Lipinski definition) is 2. The van der Waals surface area contributed by atoms with E-state index in [1.807, 2.05) is 0 Å².